The van der Waals surface area contributed by atoms with E-state index in [0.717, 1.165) is 25.9 Å². The average Bonchev–Trinajstić information content (AvgIpc) is 3.58. The number of likely N-dealkylation sites (tertiary alicyclic amines) is 1. The van der Waals surface area contributed by atoms with E-state index in [0.29, 0.717) is 20.8 Å². The second kappa shape index (κ2) is 11.2. The van der Waals surface area contributed by atoms with Crippen LogP contribution in [-0.4, -0.2) is 50.1 Å². The Balaban J connectivity index is 1.24. The standard InChI is InChI=1S/C27H23FN4O5S2/c28-18-13-16(30-27(38)31-24(35)12-15-11-17(33)4-5-20(15)34)3-6-21(18)37-22-7-8-29-19-14-23(39-25(19)22)26(36)32-9-1-2-10-32/h3-8,11,13-14,33-34H,1-2,9-10,12H2,(H2,30,31,35,38). The monoisotopic (exact) mass is 566 g/mol. The number of benzene rings is 2. The number of anilines is 1. The minimum absolute atomic E-state index is 0.0372. The molecule has 1 aliphatic rings. The van der Waals surface area contributed by atoms with Crippen LogP contribution in [0.3, 0.4) is 0 Å². The van der Waals surface area contributed by atoms with Gasteiger partial charge in [0.15, 0.2) is 16.7 Å². The zero-order chi connectivity index (χ0) is 27.5. The van der Waals surface area contributed by atoms with E-state index >= 15 is 0 Å². The van der Waals surface area contributed by atoms with Gasteiger partial charge in [0.2, 0.25) is 5.91 Å². The summed E-state index contributed by atoms with van der Waals surface area (Å²) in [6, 6.07) is 11.3. The van der Waals surface area contributed by atoms with Gasteiger partial charge in [0.05, 0.1) is 21.5 Å². The number of aromatic nitrogens is 1. The fraction of sp³-hybridized carbons (Fsp3) is 0.185. The third-order valence-electron chi connectivity index (χ3n) is 6.06. The molecular weight excluding hydrogens is 543 g/mol. The second-order valence-corrected chi connectivity index (χ2v) is 10.3. The van der Waals surface area contributed by atoms with Gasteiger partial charge >= 0.3 is 0 Å². The second-order valence-electron chi connectivity index (χ2n) is 8.87. The van der Waals surface area contributed by atoms with Crippen LogP contribution in [0.15, 0.2) is 54.7 Å². The number of phenolic OH excluding ortho intramolecular Hbond substituents is 2. The van der Waals surface area contributed by atoms with Gasteiger partial charge in [0, 0.05) is 42.7 Å². The first kappa shape index (κ1) is 26.3. The number of nitrogens with zero attached hydrogens (tertiary/aromatic N) is 2. The number of ether oxygens (including phenoxy) is 1. The van der Waals surface area contributed by atoms with Crippen LogP contribution in [0.25, 0.3) is 10.2 Å². The maximum absolute atomic E-state index is 14.9. The summed E-state index contributed by atoms with van der Waals surface area (Å²) in [5, 5.41) is 24.5. The van der Waals surface area contributed by atoms with Crippen LogP contribution in [0.2, 0.25) is 0 Å². The van der Waals surface area contributed by atoms with E-state index in [1.54, 1.807) is 18.3 Å². The van der Waals surface area contributed by atoms with Crippen LogP contribution in [0.5, 0.6) is 23.0 Å². The van der Waals surface area contributed by atoms with Crippen LogP contribution in [0.1, 0.15) is 28.1 Å². The summed E-state index contributed by atoms with van der Waals surface area (Å²) in [6.07, 6.45) is 3.31. The van der Waals surface area contributed by atoms with Crippen molar-refractivity contribution in [2.75, 3.05) is 18.4 Å². The molecule has 3 heterocycles. The van der Waals surface area contributed by atoms with Gasteiger partial charge in [-0.15, -0.1) is 11.3 Å². The highest BCUT2D eigenvalue weighted by Crippen LogP contribution is 2.36. The molecule has 0 bridgehead atoms. The summed E-state index contributed by atoms with van der Waals surface area (Å²) >= 11 is 6.40. The van der Waals surface area contributed by atoms with Gasteiger partial charge in [0.1, 0.15) is 17.2 Å². The Kier molecular flexibility index (Phi) is 7.57. The van der Waals surface area contributed by atoms with Crippen molar-refractivity contribution in [3.63, 3.8) is 0 Å². The number of rotatable bonds is 6. The lowest BCUT2D eigenvalue weighted by Crippen LogP contribution is -2.35. The average molecular weight is 567 g/mol. The number of thiophene rings is 1. The lowest BCUT2D eigenvalue weighted by molar-refractivity contribution is -0.119. The number of aromatic hydroxyl groups is 2. The number of fused-ring (bicyclic) bond motifs is 1. The summed E-state index contributed by atoms with van der Waals surface area (Å²) in [4.78, 5) is 31.8. The number of halogens is 1. The lowest BCUT2D eigenvalue weighted by Gasteiger charge is -2.13. The molecule has 2 amide bonds. The van der Waals surface area contributed by atoms with E-state index < -0.39 is 11.7 Å². The van der Waals surface area contributed by atoms with Gasteiger partial charge in [-0.25, -0.2) is 4.39 Å². The van der Waals surface area contributed by atoms with Crippen LogP contribution in [0.4, 0.5) is 10.1 Å². The van der Waals surface area contributed by atoms with E-state index in [2.05, 4.69) is 15.6 Å². The third-order valence-corrected chi connectivity index (χ3v) is 7.39. The molecular formula is C27H23FN4O5S2. The first-order valence-corrected chi connectivity index (χ1v) is 13.3. The van der Waals surface area contributed by atoms with Crippen LogP contribution < -0.4 is 15.4 Å². The molecule has 1 fully saturated rings. The molecule has 2 aromatic heterocycles. The SMILES string of the molecule is O=C(Cc1cc(O)ccc1O)NC(=S)Nc1ccc(Oc2ccnc3cc(C(=O)N4CCCC4)sc23)c(F)c1. The van der Waals surface area contributed by atoms with Crippen LogP contribution >= 0.6 is 23.6 Å². The molecule has 1 aliphatic heterocycles. The lowest BCUT2D eigenvalue weighted by atomic mass is 10.1. The van der Waals surface area contributed by atoms with Crippen molar-refractivity contribution in [3.05, 3.63) is 71.0 Å². The van der Waals surface area contributed by atoms with E-state index in [1.807, 2.05) is 4.90 Å². The fourth-order valence-electron chi connectivity index (χ4n) is 4.18. The van der Waals surface area contributed by atoms with Gasteiger partial charge in [-0.2, -0.15) is 0 Å². The molecule has 12 heteroatoms. The Bertz CT molecular complexity index is 1590. The Morgan fingerprint density at radius 3 is 2.64 bits per heavy atom. The van der Waals surface area contributed by atoms with E-state index in [-0.39, 0.29) is 45.9 Å². The smallest absolute Gasteiger partial charge is 0.264 e. The Morgan fingerprint density at radius 1 is 1.08 bits per heavy atom. The summed E-state index contributed by atoms with van der Waals surface area (Å²) < 4.78 is 21.4. The maximum atomic E-state index is 14.9. The number of carbonyl (C=O) groups excluding carboxylic acids is 2. The zero-order valence-corrected chi connectivity index (χ0v) is 22.1. The largest absolute Gasteiger partial charge is 0.508 e. The summed E-state index contributed by atoms with van der Waals surface area (Å²) in [5.41, 5.74) is 1.10. The highest BCUT2D eigenvalue weighted by Gasteiger charge is 2.23. The molecule has 39 heavy (non-hydrogen) atoms. The first-order chi connectivity index (χ1) is 18.8. The molecule has 4 aromatic rings. The quantitative estimate of drug-likeness (QED) is 0.191. The van der Waals surface area contributed by atoms with E-state index in [9.17, 15) is 24.2 Å². The topological polar surface area (TPSA) is 124 Å². The van der Waals surface area contributed by atoms with Crippen molar-refractivity contribution in [1.82, 2.24) is 15.2 Å². The number of hydrogen-bond acceptors (Lipinski definition) is 8. The molecule has 0 saturated carbocycles. The molecule has 0 atom stereocenters. The Labute approximate surface area is 231 Å². The number of carbonyl (C=O) groups is 2. The summed E-state index contributed by atoms with van der Waals surface area (Å²) in [6.45, 7) is 1.48. The summed E-state index contributed by atoms with van der Waals surface area (Å²) in [7, 11) is 0. The van der Waals surface area contributed by atoms with Crippen molar-refractivity contribution >= 4 is 56.4 Å². The predicted octanol–water partition coefficient (Wildman–Crippen LogP) is 4.93. The molecule has 0 unspecified atom stereocenters. The highest BCUT2D eigenvalue weighted by molar-refractivity contribution is 7.80. The minimum Gasteiger partial charge on any atom is -0.508 e. The normalized spacial score (nSPS) is 12.9. The third kappa shape index (κ3) is 6.07. The Hall–Kier alpha value is -4.29. The minimum atomic E-state index is -0.673. The molecule has 5 rings (SSSR count). The zero-order valence-electron chi connectivity index (χ0n) is 20.4. The number of hydrogen-bond donors (Lipinski definition) is 4. The Morgan fingerprint density at radius 2 is 1.87 bits per heavy atom. The highest BCUT2D eigenvalue weighted by atomic mass is 32.1. The van der Waals surface area contributed by atoms with Gasteiger partial charge in [-0.1, -0.05) is 0 Å². The number of pyridine rings is 1. The molecule has 0 aliphatic carbocycles. The molecule has 2 aromatic carbocycles. The molecule has 9 nitrogen and oxygen atoms in total. The molecule has 200 valence electrons. The number of nitrogens with one attached hydrogen (secondary N) is 2. The van der Waals surface area contributed by atoms with Gasteiger partial charge < -0.3 is 30.5 Å². The van der Waals surface area contributed by atoms with Gasteiger partial charge in [0.25, 0.3) is 5.91 Å². The van der Waals surface area contributed by atoms with Crippen molar-refractivity contribution < 1.29 is 28.9 Å². The number of amides is 2. The van der Waals surface area contributed by atoms with Gasteiger partial charge in [-0.05, 0) is 61.5 Å². The number of thiocarbonyl (C=S) groups is 1. The van der Waals surface area contributed by atoms with E-state index in [4.69, 9.17) is 17.0 Å². The fourth-order valence-corrected chi connectivity index (χ4v) is 5.44. The van der Waals surface area contributed by atoms with Crippen LogP contribution in [0, 0.1) is 5.82 Å². The van der Waals surface area contributed by atoms with Crippen molar-refractivity contribution in [2.24, 2.45) is 0 Å². The summed E-state index contributed by atoms with van der Waals surface area (Å²) in [5.74, 6) is -1.13. The molecule has 4 N–H and O–H groups in total. The van der Waals surface area contributed by atoms with Crippen molar-refractivity contribution in [2.45, 2.75) is 19.3 Å². The molecule has 0 spiro atoms. The van der Waals surface area contributed by atoms with Crippen molar-refractivity contribution in [3.8, 4) is 23.0 Å². The molecule has 0 radical (unpaired) electrons. The predicted molar refractivity (Wildman–Crippen MR) is 149 cm³/mol. The first-order valence-electron chi connectivity index (χ1n) is 12.0. The van der Waals surface area contributed by atoms with E-state index in [1.165, 1.54) is 47.7 Å². The number of phenols is 2. The van der Waals surface area contributed by atoms with Gasteiger partial charge in [-0.3, -0.25) is 14.6 Å². The van der Waals surface area contributed by atoms with Crippen LogP contribution in [-0.2, 0) is 11.2 Å². The molecule has 1 saturated heterocycles. The maximum Gasteiger partial charge on any atom is 0.264 e. The van der Waals surface area contributed by atoms with Crippen molar-refractivity contribution in [1.29, 1.82) is 0 Å².